The van der Waals surface area contributed by atoms with Crippen LogP contribution in [0.25, 0.3) is 0 Å². The molecule has 1 aliphatic carbocycles. The largest absolute Gasteiger partial charge is 0.0836 e. The van der Waals surface area contributed by atoms with Gasteiger partial charge < -0.3 is 0 Å². The fourth-order valence-electron chi connectivity index (χ4n) is 2.94. The summed E-state index contributed by atoms with van der Waals surface area (Å²) in [4.78, 5) is 0.559. The van der Waals surface area contributed by atoms with Crippen LogP contribution < -0.4 is 0 Å². The molecule has 1 heteroatoms. The van der Waals surface area contributed by atoms with Gasteiger partial charge in [-0.1, -0.05) is 73.3 Å². The highest BCUT2D eigenvalue weighted by atomic mass is 79.9. The van der Waals surface area contributed by atoms with Crippen LogP contribution in [0.15, 0.2) is 24.3 Å². The number of benzene rings is 1. The quantitative estimate of drug-likeness (QED) is 0.579. The van der Waals surface area contributed by atoms with Crippen molar-refractivity contribution in [3.05, 3.63) is 35.4 Å². The van der Waals surface area contributed by atoms with E-state index in [-0.39, 0.29) is 0 Å². The molecule has 2 unspecified atom stereocenters. The first-order chi connectivity index (χ1) is 8.72. The van der Waals surface area contributed by atoms with Crippen LogP contribution in [-0.2, 0) is 0 Å². The van der Waals surface area contributed by atoms with E-state index in [9.17, 15) is 0 Å². The van der Waals surface area contributed by atoms with Crippen molar-refractivity contribution in [2.45, 2.75) is 63.1 Å². The SMILES string of the molecule is CCC(C)c1ccc(C(Br)C2CCCCC2)cc1. The second-order valence-corrected chi connectivity index (χ2v) is 6.76. The summed E-state index contributed by atoms with van der Waals surface area (Å²) in [6, 6.07) is 9.30. The highest BCUT2D eigenvalue weighted by Gasteiger charge is 2.22. The van der Waals surface area contributed by atoms with E-state index in [0.29, 0.717) is 10.7 Å². The Balaban J connectivity index is 2.03. The lowest BCUT2D eigenvalue weighted by atomic mass is 9.84. The molecule has 0 spiro atoms. The third kappa shape index (κ3) is 3.38. The molecule has 100 valence electrons. The van der Waals surface area contributed by atoms with Crippen molar-refractivity contribution < 1.29 is 0 Å². The minimum absolute atomic E-state index is 0.559. The molecule has 2 rings (SSSR count). The Kier molecular flexibility index (Phi) is 5.29. The number of halogens is 1. The van der Waals surface area contributed by atoms with Gasteiger partial charge in [0.05, 0.1) is 0 Å². The Bertz CT molecular complexity index is 348. The first kappa shape index (κ1) is 14.1. The van der Waals surface area contributed by atoms with Crippen molar-refractivity contribution in [3.8, 4) is 0 Å². The van der Waals surface area contributed by atoms with Crippen molar-refractivity contribution in [2.24, 2.45) is 5.92 Å². The zero-order valence-corrected chi connectivity index (χ0v) is 13.2. The zero-order valence-electron chi connectivity index (χ0n) is 11.7. The summed E-state index contributed by atoms with van der Waals surface area (Å²) in [6.45, 7) is 4.57. The molecular formula is C17H25Br. The molecule has 0 bridgehead atoms. The predicted molar refractivity (Wildman–Crippen MR) is 83.4 cm³/mol. The van der Waals surface area contributed by atoms with Crippen LogP contribution >= 0.6 is 15.9 Å². The lowest BCUT2D eigenvalue weighted by Gasteiger charge is -2.26. The van der Waals surface area contributed by atoms with Gasteiger partial charge in [-0.2, -0.15) is 0 Å². The summed E-state index contributed by atoms with van der Waals surface area (Å²) < 4.78 is 0. The summed E-state index contributed by atoms with van der Waals surface area (Å²) in [7, 11) is 0. The van der Waals surface area contributed by atoms with Crippen molar-refractivity contribution >= 4 is 15.9 Å². The van der Waals surface area contributed by atoms with Gasteiger partial charge in [0.1, 0.15) is 0 Å². The topological polar surface area (TPSA) is 0 Å². The third-order valence-corrected chi connectivity index (χ3v) is 5.78. The van der Waals surface area contributed by atoms with E-state index in [1.54, 1.807) is 0 Å². The maximum Gasteiger partial charge on any atom is 0.0423 e. The summed E-state index contributed by atoms with van der Waals surface area (Å²) in [5.41, 5.74) is 2.94. The minimum atomic E-state index is 0.559. The Hall–Kier alpha value is -0.300. The van der Waals surface area contributed by atoms with E-state index in [1.165, 1.54) is 49.7 Å². The molecular weight excluding hydrogens is 284 g/mol. The van der Waals surface area contributed by atoms with Gasteiger partial charge in [-0.3, -0.25) is 0 Å². The maximum absolute atomic E-state index is 3.93. The minimum Gasteiger partial charge on any atom is -0.0836 e. The summed E-state index contributed by atoms with van der Waals surface area (Å²) in [6.07, 6.45) is 8.27. The smallest absolute Gasteiger partial charge is 0.0423 e. The molecule has 0 saturated heterocycles. The lowest BCUT2D eigenvalue weighted by molar-refractivity contribution is 0.354. The number of alkyl halides is 1. The molecule has 1 saturated carbocycles. The number of rotatable bonds is 4. The van der Waals surface area contributed by atoms with Crippen LogP contribution in [0.3, 0.4) is 0 Å². The molecule has 1 fully saturated rings. The van der Waals surface area contributed by atoms with E-state index in [2.05, 4.69) is 54.0 Å². The van der Waals surface area contributed by atoms with Gasteiger partial charge in [-0.15, -0.1) is 0 Å². The highest BCUT2D eigenvalue weighted by molar-refractivity contribution is 9.09. The molecule has 2 atom stereocenters. The Labute approximate surface area is 120 Å². The predicted octanol–water partition coefficient (Wildman–Crippen LogP) is 6.22. The average Bonchev–Trinajstić information content (AvgIpc) is 2.47. The lowest BCUT2D eigenvalue weighted by Crippen LogP contribution is -2.11. The molecule has 1 aromatic rings. The number of hydrogen-bond donors (Lipinski definition) is 0. The molecule has 0 aromatic heterocycles. The van der Waals surface area contributed by atoms with Crippen LogP contribution in [0, 0.1) is 5.92 Å². The molecule has 0 aliphatic heterocycles. The second-order valence-electron chi connectivity index (χ2n) is 5.78. The molecule has 0 nitrogen and oxygen atoms in total. The summed E-state index contributed by atoms with van der Waals surface area (Å²) in [5, 5.41) is 0. The van der Waals surface area contributed by atoms with Gasteiger partial charge in [0, 0.05) is 4.83 Å². The highest BCUT2D eigenvalue weighted by Crippen LogP contribution is 2.40. The molecule has 0 N–H and O–H groups in total. The monoisotopic (exact) mass is 308 g/mol. The Morgan fingerprint density at radius 1 is 1.06 bits per heavy atom. The van der Waals surface area contributed by atoms with E-state index < -0.39 is 0 Å². The van der Waals surface area contributed by atoms with Gasteiger partial charge in [0.15, 0.2) is 0 Å². The fourth-order valence-corrected chi connectivity index (χ4v) is 3.78. The molecule has 0 radical (unpaired) electrons. The average molecular weight is 309 g/mol. The summed E-state index contributed by atoms with van der Waals surface area (Å²) in [5.74, 6) is 1.52. The van der Waals surface area contributed by atoms with Gasteiger partial charge in [-0.05, 0) is 42.2 Å². The number of hydrogen-bond acceptors (Lipinski definition) is 0. The zero-order chi connectivity index (χ0) is 13.0. The first-order valence-electron chi connectivity index (χ1n) is 7.46. The normalized spacial score (nSPS) is 20.6. The van der Waals surface area contributed by atoms with E-state index in [4.69, 9.17) is 0 Å². The van der Waals surface area contributed by atoms with Crippen LogP contribution in [0.5, 0.6) is 0 Å². The van der Waals surface area contributed by atoms with Crippen LogP contribution in [0.1, 0.15) is 74.2 Å². The maximum atomic E-state index is 3.93. The first-order valence-corrected chi connectivity index (χ1v) is 8.38. The molecule has 0 heterocycles. The van der Waals surface area contributed by atoms with Crippen molar-refractivity contribution in [3.63, 3.8) is 0 Å². The molecule has 18 heavy (non-hydrogen) atoms. The van der Waals surface area contributed by atoms with E-state index >= 15 is 0 Å². The molecule has 1 aromatic carbocycles. The third-order valence-electron chi connectivity index (χ3n) is 4.50. The Morgan fingerprint density at radius 3 is 2.17 bits per heavy atom. The van der Waals surface area contributed by atoms with Gasteiger partial charge >= 0.3 is 0 Å². The molecule has 0 amide bonds. The van der Waals surface area contributed by atoms with Crippen LogP contribution in [0.4, 0.5) is 0 Å². The summed E-state index contributed by atoms with van der Waals surface area (Å²) >= 11 is 3.93. The van der Waals surface area contributed by atoms with Crippen molar-refractivity contribution in [2.75, 3.05) is 0 Å². The standard InChI is InChI=1S/C17H25Br/c1-3-13(2)14-9-11-16(12-10-14)17(18)15-7-5-4-6-8-15/h9-13,15,17H,3-8H2,1-2H3. The second kappa shape index (κ2) is 6.75. The Morgan fingerprint density at radius 2 is 1.61 bits per heavy atom. The van der Waals surface area contributed by atoms with Crippen LogP contribution in [-0.4, -0.2) is 0 Å². The van der Waals surface area contributed by atoms with Crippen LogP contribution in [0.2, 0.25) is 0 Å². The fraction of sp³-hybridized carbons (Fsp3) is 0.647. The molecule has 1 aliphatic rings. The van der Waals surface area contributed by atoms with E-state index in [0.717, 1.165) is 5.92 Å². The van der Waals surface area contributed by atoms with Gasteiger partial charge in [0.2, 0.25) is 0 Å². The van der Waals surface area contributed by atoms with Gasteiger partial charge in [0.25, 0.3) is 0 Å². The van der Waals surface area contributed by atoms with Crippen molar-refractivity contribution in [1.82, 2.24) is 0 Å². The van der Waals surface area contributed by atoms with E-state index in [1.807, 2.05) is 0 Å². The van der Waals surface area contributed by atoms with Crippen molar-refractivity contribution in [1.29, 1.82) is 0 Å². The van der Waals surface area contributed by atoms with Gasteiger partial charge in [-0.25, -0.2) is 0 Å².